The van der Waals surface area contributed by atoms with Gasteiger partial charge in [-0.05, 0) is 80.0 Å². The highest BCUT2D eigenvalue weighted by atomic mass is 79.9. The van der Waals surface area contributed by atoms with E-state index in [0.717, 1.165) is 19.0 Å². The van der Waals surface area contributed by atoms with E-state index in [0.29, 0.717) is 0 Å². The van der Waals surface area contributed by atoms with Crippen LogP contribution in [0.15, 0.2) is 15.9 Å². The average molecular weight is 345 g/mol. The summed E-state index contributed by atoms with van der Waals surface area (Å²) < 4.78 is 1.27. The molecule has 1 atom stereocenters. The van der Waals surface area contributed by atoms with Crippen molar-refractivity contribution >= 4 is 27.3 Å². The molecular formula is C15H25BrN2S. The van der Waals surface area contributed by atoms with Crippen molar-refractivity contribution in [2.24, 2.45) is 5.92 Å². The van der Waals surface area contributed by atoms with Gasteiger partial charge in [0.05, 0.1) is 0 Å². The molecule has 1 unspecified atom stereocenters. The lowest BCUT2D eigenvalue weighted by Gasteiger charge is -2.34. The fraction of sp³-hybridized carbons (Fsp3) is 0.733. The monoisotopic (exact) mass is 344 g/mol. The summed E-state index contributed by atoms with van der Waals surface area (Å²) in [4.78, 5) is 4.07. The Balaban J connectivity index is 1.82. The van der Waals surface area contributed by atoms with Crippen LogP contribution in [0.5, 0.6) is 0 Å². The van der Waals surface area contributed by atoms with Crippen molar-refractivity contribution in [1.82, 2.24) is 10.2 Å². The van der Waals surface area contributed by atoms with E-state index in [1.54, 1.807) is 0 Å². The number of hydrogen-bond donors (Lipinski definition) is 1. The molecule has 0 amide bonds. The van der Waals surface area contributed by atoms with Crippen LogP contribution in [0.25, 0.3) is 0 Å². The molecule has 0 radical (unpaired) electrons. The Morgan fingerprint density at radius 2 is 2.26 bits per heavy atom. The molecule has 1 aliphatic rings. The van der Waals surface area contributed by atoms with E-state index in [4.69, 9.17) is 0 Å². The SMILES string of the molecule is CC(C)(C)NCC1CCCN(Cc2sccc2Br)C1. The van der Waals surface area contributed by atoms with E-state index in [1.165, 1.54) is 35.3 Å². The summed E-state index contributed by atoms with van der Waals surface area (Å²) in [6.45, 7) is 11.5. The van der Waals surface area contributed by atoms with E-state index in [-0.39, 0.29) is 5.54 Å². The van der Waals surface area contributed by atoms with Gasteiger partial charge in [0.1, 0.15) is 0 Å². The third kappa shape index (κ3) is 5.18. The number of rotatable bonds is 4. The summed E-state index contributed by atoms with van der Waals surface area (Å²) in [5.41, 5.74) is 0.235. The Kier molecular flexibility index (Phi) is 5.46. The Morgan fingerprint density at radius 3 is 2.89 bits per heavy atom. The quantitative estimate of drug-likeness (QED) is 0.883. The highest BCUT2D eigenvalue weighted by Crippen LogP contribution is 2.26. The zero-order valence-electron chi connectivity index (χ0n) is 12.2. The molecule has 0 saturated carbocycles. The van der Waals surface area contributed by atoms with Crippen molar-refractivity contribution in [2.45, 2.75) is 45.7 Å². The molecule has 19 heavy (non-hydrogen) atoms. The molecule has 0 bridgehead atoms. The standard InChI is InChI=1S/C15H25BrN2S/c1-15(2,3)17-9-12-5-4-7-18(10-12)11-14-13(16)6-8-19-14/h6,8,12,17H,4-5,7,9-11H2,1-3H3. The van der Waals surface area contributed by atoms with Crippen molar-refractivity contribution in [3.63, 3.8) is 0 Å². The molecule has 1 saturated heterocycles. The minimum Gasteiger partial charge on any atom is -0.312 e. The van der Waals surface area contributed by atoms with Crippen molar-refractivity contribution in [3.05, 3.63) is 20.8 Å². The average Bonchev–Trinajstić information content (AvgIpc) is 2.72. The van der Waals surface area contributed by atoms with E-state index in [2.05, 4.69) is 58.4 Å². The van der Waals surface area contributed by atoms with Gasteiger partial charge < -0.3 is 5.32 Å². The van der Waals surface area contributed by atoms with Crippen LogP contribution in [0.1, 0.15) is 38.5 Å². The zero-order chi connectivity index (χ0) is 13.9. The molecular weight excluding hydrogens is 320 g/mol. The van der Waals surface area contributed by atoms with Gasteiger partial charge in [-0.2, -0.15) is 0 Å². The Bertz CT molecular complexity index is 397. The Morgan fingerprint density at radius 1 is 1.47 bits per heavy atom. The van der Waals surface area contributed by atoms with Crippen LogP contribution in [0, 0.1) is 5.92 Å². The number of piperidine rings is 1. The van der Waals surface area contributed by atoms with Crippen LogP contribution in [0.4, 0.5) is 0 Å². The normalized spacial score (nSPS) is 21.8. The number of thiophene rings is 1. The highest BCUT2D eigenvalue weighted by molar-refractivity contribution is 9.10. The van der Waals surface area contributed by atoms with Gasteiger partial charge in [-0.15, -0.1) is 11.3 Å². The predicted octanol–water partition coefficient (Wildman–Crippen LogP) is 4.11. The molecule has 108 valence electrons. The lowest BCUT2D eigenvalue weighted by molar-refractivity contribution is 0.160. The van der Waals surface area contributed by atoms with Gasteiger partial charge in [0.2, 0.25) is 0 Å². The van der Waals surface area contributed by atoms with E-state index >= 15 is 0 Å². The fourth-order valence-corrected chi connectivity index (χ4v) is 4.07. The summed E-state index contributed by atoms with van der Waals surface area (Å²) in [7, 11) is 0. The number of nitrogens with zero attached hydrogens (tertiary/aromatic N) is 1. The van der Waals surface area contributed by atoms with Crippen molar-refractivity contribution < 1.29 is 0 Å². The van der Waals surface area contributed by atoms with Gasteiger partial charge in [0.15, 0.2) is 0 Å². The first kappa shape index (κ1) is 15.5. The zero-order valence-corrected chi connectivity index (χ0v) is 14.6. The third-order valence-electron chi connectivity index (χ3n) is 3.58. The van der Waals surface area contributed by atoms with E-state index in [9.17, 15) is 0 Å². The lowest BCUT2D eigenvalue weighted by atomic mass is 9.96. The molecule has 2 rings (SSSR count). The van der Waals surface area contributed by atoms with Crippen LogP contribution >= 0.6 is 27.3 Å². The third-order valence-corrected chi connectivity index (χ3v) is 5.49. The first-order chi connectivity index (χ1) is 8.94. The van der Waals surface area contributed by atoms with Gasteiger partial charge in [-0.1, -0.05) is 0 Å². The summed E-state index contributed by atoms with van der Waals surface area (Å²) >= 11 is 5.49. The minimum absolute atomic E-state index is 0.235. The van der Waals surface area contributed by atoms with Gasteiger partial charge >= 0.3 is 0 Å². The van der Waals surface area contributed by atoms with Gasteiger partial charge in [-0.3, -0.25) is 4.90 Å². The maximum absolute atomic E-state index is 3.65. The Hall–Kier alpha value is 0.100. The maximum Gasteiger partial charge on any atom is 0.0339 e. The Labute approximate surface area is 129 Å². The van der Waals surface area contributed by atoms with Gasteiger partial charge in [-0.25, -0.2) is 0 Å². The lowest BCUT2D eigenvalue weighted by Crippen LogP contribution is -2.44. The fourth-order valence-electron chi connectivity index (χ4n) is 2.55. The maximum atomic E-state index is 3.65. The van der Waals surface area contributed by atoms with Gasteiger partial charge in [0, 0.05) is 28.0 Å². The molecule has 0 spiro atoms. The molecule has 0 aliphatic carbocycles. The molecule has 1 aromatic heterocycles. The van der Waals surface area contributed by atoms with Crippen molar-refractivity contribution in [1.29, 1.82) is 0 Å². The molecule has 1 N–H and O–H groups in total. The molecule has 1 aromatic rings. The molecule has 1 fully saturated rings. The molecule has 0 aromatic carbocycles. The number of hydrogen-bond acceptors (Lipinski definition) is 3. The molecule has 1 aliphatic heterocycles. The van der Waals surface area contributed by atoms with Crippen molar-refractivity contribution in [3.8, 4) is 0 Å². The second kappa shape index (κ2) is 6.70. The number of halogens is 1. The van der Waals surface area contributed by atoms with Crippen molar-refractivity contribution in [2.75, 3.05) is 19.6 Å². The van der Waals surface area contributed by atoms with Crippen LogP contribution in [-0.4, -0.2) is 30.1 Å². The predicted molar refractivity (Wildman–Crippen MR) is 87.8 cm³/mol. The first-order valence-corrected chi connectivity index (χ1v) is 8.80. The van der Waals surface area contributed by atoms with Crippen LogP contribution in [-0.2, 0) is 6.54 Å². The van der Waals surface area contributed by atoms with Crippen LogP contribution < -0.4 is 5.32 Å². The van der Waals surface area contributed by atoms with E-state index < -0.39 is 0 Å². The summed E-state index contributed by atoms with van der Waals surface area (Å²) in [5.74, 6) is 0.798. The summed E-state index contributed by atoms with van der Waals surface area (Å²) in [6.07, 6.45) is 2.70. The van der Waals surface area contributed by atoms with Crippen LogP contribution in [0.3, 0.4) is 0 Å². The topological polar surface area (TPSA) is 15.3 Å². The summed E-state index contributed by atoms with van der Waals surface area (Å²) in [5, 5.41) is 5.82. The number of likely N-dealkylation sites (tertiary alicyclic amines) is 1. The molecule has 2 heterocycles. The minimum atomic E-state index is 0.235. The van der Waals surface area contributed by atoms with Gasteiger partial charge in [0.25, 0.3) is 0 Å². The van der Waals surface area contributed by atoms with Crippen LogP contribution in [0.2, 0.25) is 0 Å². The van der Waals surface area contributed by atoms with E-state index in [1.807, 2.05) is 11.3 Å². The summed E-state index contributed by atoms with van der Waals surface area (Å²) in [6, 6.07) is 2.16. The largest absolute Gasteiger partial charge is 0.312 e. The molecule has 2 nitrogen and oxygen atoms in total. The second-order valence-electron chi connectivity index (χ2n) is 6.57. The smallest absolute Gasteiger partial charge is 0.0339 e. The number of nitrogens with one attached hydrogen (secondary N) is 1. The highest BCUT2D eigenvalue weighted by Gasteiger charge is 2.22. The molecule has 4 heteroatoms. The first-order valence-electron chi connectivity index (χ1n) is 7.13. The second-order valence-corrected chi connectivity index (χ2v) is 8.42.